The Labute approximate surface area is 179 Å². The van der Waals surface area contributed by atoms with Crippen molar-refractivity contribution in [2.45, 2.75) is 30.2 Å². The Morgan fingerprint density at radius 3 is 2.73 bits per heavy atom. The summed E-state index contributed by atoms with van der Waals surface area (Å²) in [4.78, 5) is 11.8. The van der Waals surface area contributed by atoms with Crippen LogP contribution in [0, 0.1) is 18.6 Å². The molecular weight excluding hydrogens is 432 g/mol. The summed E-state index contributed by atoms with van der Waals surface area (Å²) in [7, 11) is 0. The van der Waals surface area contributed by atoms with Crippen LogP contribution in [0.5, 0.6) is 0 Å². The summed E-state index contributed by atoms with van der Waals surface area (Å²) in [6, 6.07) is 6.97. The van der Waals surface area contributed by atoms with Crippen molar-refractivity contribution in [1.82, 2.24) is 14.3 Å². The summed E-state index contributed by atoms with van der Waals surface area (Å²) >= 11 is 7.09. The molecule has 5 nitrogen and oxygen atoms in total. The highest BCUT2D eigenvalue weighted by molar-refractivity contribution is 7.99. The third kappa shape index (κ3) is 3.36. The molecule has 0 saturated heterocycles. The second-order valence-corrected chi connectivity index (χ2v) is 8.10. The highest BCUT2D eigenvalue weighted by atomic mass is 35.5. The molecule has 9 heteroatoms. The molecule has 0 bridgehead atoms. The molecule has 4 rings (SSSR count). The number of nitrogens with zero attached hydrogens (tertiary/aromatic N) is 3. The van der Waals surface area contributed by atoms with E-state index in [0.717, 1.165) is 11.8 Å². The van der Waals surface area contributed by atoms with Crippen LogP contribution < -0.4 is 0 Å². The summed E-state index contributed by atoms with van der Waals surface area (Å²) in [5.74, 6) is -2.76. The number of aromatic nitrogens is 3. The number of fused-ring (bicyclic) bond motifs is 1. The molecule has 0 aliphatic heterocycles. The van der Waals surface area contributed by atoms with Gasteiger partial charge in [0.2, 0.25) is 0 Å². The van der Waals surface area contributed by atoms with Gasteiger partial charge in [0.15, 0.2) is 5.82 Å². The van der Waals surface area contributed by atoms with Gasteiger partial charge in [-0.25, -0.2) is 13.6 Å². The first-order chi connectivity index (χ1) is 14.3. The normalized spacial score (nSPS) is 11.4. The molecule has 0 saturated carbocycles. The minimum atomic E-state index is -1.36. The minimum absolute atomic E-state index is 0.0932. The number of rotatable bonds is 5. The van der Waals surface area contributed by atoms with Crippen molar-refractivity contribution >= 4 is 40.2 Å². The van der Waals surface area contributed by atoms with Gasteiger partial charge in [-0.3, -0.25) is 4.68 Å². The lowest BCUT2D eigenvalue weighted by atomic mass is 10.2. The molecule has 4 aromatic rings. The Hall–Kier alpha value is -2.84. The lowest BCUT2D eigenvalue weighted by Crippen LogP contribution is -2.01. The number of carbonyl (C=O) groups is 1. The van der Waals surface area contributed by atoms with Crippen LogP contribution in [0.3, 0.4) is 0 Å². The molecule has 1 N–H and O–H groups in total. The molecule has 2 aromatic heterocycles. The molecule has 0 fully saturated rings. The first kappa shape index (κ1) is 20.4. The van der Waals surface area contributed by atoms with Crippen molar-refractivity contribution in [3.05, 3.63) is 70.6 Å². The Kier molecular flexibility index (Phi) is 5.29. The quantitative estimate of drug-likeness (QED) is 0.411. The molecular formula is C21H16ClF2N3O2S. The van der Waals surface area contributed by atoms with Gasteiger partial charge in [0.25, 0.3) is 0 Å². The summed E-state index contributed by atoms with van der Waals surface area (Å²) in [5.41, 5.74) is 1.46. The number of hydrogen-bond donors (Lipinski definition) is 1. The van der Waals surface area contributed by atoms with Crippen LogP contribution in [0.15, 0.2) is 52.5 Å². The zero-order valence-corrected chi connectivity index (χ0v) is 17.6. The highest BCUT2D eigenvalue weighted by Gasteiger charge is 2.23. The van der Waals surface area contributed by atoms with E-state index in [-0.39, 0.29) is 15.3 Å². The lowest BCUT2D eigenvalue weighted by molar-refractivity contribution is 0.0691. The summed E-state index contributed by atoms with van der Waals surface area (Å²) in [6.45, 7) is 4.41. The van der Waals surface area contributed by atoms with Gasteiger partial charge in [0, 0.05) is 33.2 Å². The molecule has 154 valence electrons. The molecule has 0 amide bonds. The van der Waals surface area contributed by atoms with Gasteiger partial charge in [-0.1, -0.05) is 29.4 Å². The molecule has 0 radical (unpaired) electrons. The van der Waals surface area contributed by atoms with E-state index >= 15 is 0 Å². The van der Waals surface area contributed by atoms with Gasteiger partial charge in [0.1, 0.15) is 5.82 Å². The molecule has 2 aromatic carbocycles. The van der Waals surface area contributed by atoms with Gasteiger partial charge in [-0.2, -0.15) is 5.10 Å². The zero-order valence-electron chi connectivity index (χ0n) is 16.0. The third-order valence-electron chi connectivity index (χ3n) is 4.77. The second-order valence-electron chi connectivity index (χ2n) is 6.61. The predicted molar refractivity (Wildman–Crippen MR) is 112 cm³/mol. The predicted octanol–water partition coefficient (Wildman–Crippen LogP) is 5.94. The standard InChI is InChI=1S/C21H16ClF2N3O2S/c1-3-26-10-13(9-25-26)27-11(2)20(18-15(23)7-12(22)8-16(18)27)30-17-6-4-5-14(19(17)24)21(28)29/h4-10H,3H2,1-2H3,(H,28,29). The summed E-state index contributed by atoms with van der Waals surface area (Å²) in [5, 5.41) is 14.0. The number of benzene rings is 2. The van der Waals surface area contributed by atoms with E-state index in [4.69, 9.17) is 11.6 Å². The first-order valence-electron chi connectivity index (χ1n) is 9.04. The van der Waals surface area contributed by atoms with Crippen LogP contribution in [0.2, 0.25) is 5.02 Å². The van der Waals surface area contributed by atoms with Crippen molar-refractivity contribution in [1.29, 1.82) is 0 Å². The van der Waals surface area contributed by atoms with Crippen LogP contribution in [-0.2, 0) is 6.54 Å². The van der Waals surface area contributed by atoms with Crippen molar-refractivity contribution in [3.8, 4) is 5.69 Å². The van der Waals surface area contributed by atoms with Crippen LogP contribution in [-0.4, -0.2) is 25.4 Å². The van der Waals surface area contributed by atoms with E-state index in [9.17, 15) is 18.7 Å². The fourth-order valence-corrected chi connectivity index (χ4v) is 4.70. The summed E-state index contributed by atoms with van der Waals surface area (Å²) < 4.78 is 33.3. The topological polar surface area (TPSA) is 60.0 Å². The van der Waals surface area contributed by atoms with Crippen LogP contribution in [0.25, 0.3) is 16.6 Å². The van der Waals surface area contributed by atoms with E-state index in [2.05, 4.69) is 5.10 Å². The van der Waals surface area contributed by atoms with Crippen molar-refractivity contribution < 1.29 is 18.7 Å². The zero-order chi connectivity index (χ0) is 21.6. The Balaban J connectivity index is 1.96. The largest absolute Gasteiger partial charge is 0.478 e. The van der Waals surface area contributed by atoms with Gasteiger partial charge in [0.05, 0.1) is 28.4 Å². The number of carboxylic acid groups (broad SMARTS) is 1. The van der Waals surface area contributed by atoms with Crippen molar-refractivity contribution in [2.24, 2.45) is 0 Å². The maximum atomic E-state index is 15.0. The van der Waals surface area contributed by atoms with E-state index in [1.807, 2.05) is 17.7 Å². The van der Waals surface area contributed by atoms with E-state index in [1.54, 1.807) is 23.9 Å². The highest BCUT2D eigenvalue weighted by Crippen LogP contribution is 2.42. The lowest BCUT2D eigenvalue weighted by Gasteiger charge is -2.07. The monoisotopic (exact) mass is 447 g/mol. The smallest absolute Gasteiger partial charge is 0.338 e. The maximum Gasteiger partial charge on any atom is 0.338 e. The van der Waals surface area contributed by atoms with E-state index in [0.29, 0.717) is 28.3 Å². The minimum Gasteiger partial charge on any atom is -0.478 e. The van der Waals surface area contributed by atoms with Gasteiger partial charge in [-0.15, -0.1) is 0 Å². The number of halogens is 3. The average molecular weight is 448 g/mol. The van der Waals surface area contributed by atoms with Gasteiger partial charge < -0.3 is 9.67 Å². The van der Waals surface area contributed by atoms with Crippen molar-refractivity contribution in [3.63, 3.8) is 0 Å². The Morgan fingerprint density at radius 1 is 1.30 bits per heavy atom. The maximum absolute atomic E-state index is 15.0. The van der Waals surface area contributed by atoms with Gasteiger partial charge >= 0.3 is 5.97 Å². The van der Waals surface area contributed by atoms with Crippen LogP contribution >= 0.6 is 23.4 Å². The molecule has 30 heavy (non-hydrogen) atoms. The van der Waals surface area contributed by atoms with E-state index in [1.165, 1.54) is 24.3 Å². The molecule has 0 atom stereocenters. The Bertz CT molecular complexity index is 1300. The third-order valence-corrected chi connectivity index (χ3v) is 6.23. The molecule has 0 spiro atoms. The fourth-order valence-electron chi connectivity index (χ4n) is 3.39. The SMILES string of the molecule is CCn1cc(-n2c(C)c(Sc3cccc(C(=O)O)c3F)c3c(F)cc(Cl)cc32)cn1. The van der Waals surface area contributed by atoms with E-state index < -0.39 is 23.2 Å². The molecule has 2 heterocycles. The molecule has 0 aliphatic rings. The van der Waals surface area contributed by atoms with Crippen molar-refractivity contribution in [2.75, 3.05) is 0 Å². The van der Waals surface area contributed by atoms with Crippen LogP contribution in [0.4, 0.5) is 8.78 Å². The number of carboxylic acids is 1. The average Bonchev–Trinajstić information content (AvgIpc) is 3.26. The molecule has 0 aliphatic carbocycles. The first-order valence-corrected chi connectivity index (χ1v) is 10.2. The Morgan fingerprint density at radius 2 is 2.07 bits per heavy atom. The van der Waals surface area contributed by atoms with Gasteiger partial charge in [-0.05, 0) is 38.1 Å². The number of hydrogen-bond acceptors (Lipinski definition) is 3. The molecule has 0 unspecified atom stereocenters. The summed E-state index contributed by atoms with van der Waals surface area (Å²) in [6.07, 6.45) is 3.49. The number of aromatic carboxylic acids is 1. The second kappa shape index (κ2) is 7.77. The number of aryl methyl sites for hydroxylation is 1. The fraction of sp³-hybridized carbons (Fsp3) is 0.143. The van der Waals surface area contributed by atoms with Crippen LogP contribution in [0.1, 0.15) is 23.0 Å².